The van der Waals surface area contributed by atoms with Crippen LogP contribution in [0.5, 0.6) is 11.5 Å². The topological polar surface area (TPSA) is 109 Å². The van der Waals surface area contributed by atoms with E-state index >= 15 is 0 Å². The fourth-order valence-corrected chi connectivity index (χ4v) is 6.29. The highest BCUT2D eigenvalue weighted by atomic mass is 16.7. The molecule has 1 aromatic rings. The molecule has 2 bridgehead atoms. The molecule has 8 heteroatoms. The van der Waals surface area contributed by atoms with E-state index in [0.29, 0.717) is 23.0 Å². The van der Waals surface area contributed by atoms with Gasteiger partial charge in [-0.05, 0) is 68.6 Å². The Balaban J connectivity index is 1.16. The Kier molecular flexibility index (Phi) is 4.19. The molecular formula is C23H26N4O4. The maximum atomic E-state index is 13.3. The monoisotopic (exact) mass is 422 g/mol. The number of likely N-dealkylation sites (tertiary alicyclic amines) is 1. The molecule has 3 saturated heterocycles. The van der Waals surface area contributed by atoms with Crippen molar-refractivity contribution < 1.29 is 19.1 Å². The normalized spacial score (nSPS) is 35.5. The quantitative estimate of drug-likeness (QED) is 0.793. The number of benzene rings is 1. The Morgan fingerprint density at radius 3 is 2.55 bits per heavy atom. The first-order valence-electron chi connectivity index (χ1n) is 11.2. The van der Waals surface area contributed by atoms with Crippen molar-refractivity contribution in [3.8, 4) is 17.6 Å². The maximum absolute atomic E-state index is 13.3. The molecule has 162 valence electrons. The van der Waals surface area contributed by atoms with E-state index in [4.69, 9.17) is 15.2 Å². The summed E-state index contributed by atoms with van der Waals surface area (Å²) in [5.74, 6) is 1.74. The highest BCUT2D eigenvalue weighted by Gasteiger charge is 2.56. The second-order valence-corrected chi connectivity index (χ2v) is 9.61. The summed E-state index contributed by atoms with van der Waals surface area (Å²) in [6.07, 6.45) is 5.14. The van der Waals surface area contributed by atoms with Crippen LogP contribution in [0, 0.1) is 23.2 Å². The third kappa shape index (κ3) is 2.90. The zero-order valence-electron chi connectivity index (χ0n) is 17.3. The summed E-state index contributed by atoms with van der Waals surface area (Å²) in [6, 6.07) is 7.09. The van der Waals surface area contributed by atoms with Gasteiger partial charge in [0.05, 0.1) is 12.1 Å². The maximum Gasteiger partial charge on any atom is 0.254 e. The van der Waals surface area contributed by atoms with Gasteiger partial charge in [0.1, 0.15) is 6.04 Å². The smallest absolute Gasteiger partial charge is 0.254 e. The third-order valence-electron chi connectivity index (χ3n) is 7.92. The fourth-order valence-electron chi connectivity index (χ4n) is 6.29. The molecular weight excluding hydrogens is 396 g/mol. The number of hydrogen-bond donors (Lipinski definition) is 1. The molecule has 0 spiro atoms. The Hall–Kier alpha value is -2.79. The van der Waals surface area contributed by atoms with Crippen molar-refractivity contribution in [3.63, 3.8) is 0 Å². The summed E-state index contributed by atoms with van der Waals surface area (Å²) in [5.41, 5.74) is 7.09. The van der Waals surface area contributed by atoms with E-state index in [9.17, 15) is 14.9 Å². The van der Waals surface area contributed by atoms with Crippen LogP contribution in [0.2, 0.25) is 0 Å². The number of piperidine rings is 2. The second-order valence-electron chi connectivity index (χ2n) is 9.61. The minimum atomic E-state index is -0.596. The zero-order valence-corrected chi connectivity index (χ0v) is 17.3. The van der Waals surface area contributed by atoms with Crippen molar-refractivity contribution >= 4 is 11.8 Å². The number of fused-ring (bicyclic) bond motifs is 4. The van der Waals surface area contributed by atoms with Crippen molar-refractivity contribution in [2.75, 3.05) is 6.79 Å². The zero-order chi connectivity index (χ0) is 21.3. The lowest BCUT2D eigenvalue weighted by atomic mass is 9.84. The van der Waals surface area contributed by atoms with Crippen molar-refractivity contribution in [1.29, 1.82) is 5.26 Å². The molecule has 1 saturated carbocycles. The lowest BCUT2D eigenvalue weighted by Crippen LogP contribution is -2.55. The number of nitrogens with zero attached hydrogens (tertiary/aromatic N) is 3. The van der Waals surface area contributed by atoms with Crippen LogP contribution >= 0.6 is 0 Å². The SMILES string of the molecule is N#CC1CC2CC2N1C(=O)[C@@H](N)C1CC2CC[C@@H](C1)N2C(=O)c1ccc2c(c1)OCO2. The van der Waals surface area contributed by atoms with Crippen LogP contribution < -0.4 is 15.2 Å². The minimum absolute atomic E-state index is 0.00839. The van der Waals surface area contributed by atoms with E-state index in [2.05, 4.69) is 6.07 Å². The molecule has 4 heterocycles. The van der Waals surface area contributed by atoms with E-state index in [1.165, 1.54) is 0 Å². The van der Waals surface area contributed by atoms with Gasteiger partial charge in [-0.15, -0.1) is 0 Å². The van der Waals surface area contributed by atoms with Crippen LogP contribution in [0.1, 0.15) is 48.9 Å². The van der Waals surface area contributed by atoms with Gasteiger partial charge in [0.25, 0.3) is 5.91 Å². The average Bonchev–Trinajstić information content (AvgIpc) is 3.10. The van der Waals surface area contributed by atoms with Gasteiger partial charge < -0.3 is 25.0 Å². The van der Waals surface area contributed by atoms with E-state index < -0.39 is 6.04 Å². The summed E-state index contributed by atoms with van der Waals surface area (Å²) < 4.78 is 10.8. The molecule has 0 radical (unpaired) electrons. The molecule has 6 rings (SSSR count). The standard InChI is InChI=1S/C23H26N4O4/c24-10-17-5-13-8-18(13)27(17)23(29)21(25)14-6-15-2-3-16(7-14)26(15)22(28)12-1-4-19-20(9-12)31-11-30-19/h1,4,9,13-18,21H,2-3,5-8,11,25H2/t13?,14?,15-,16?,17?,18?,21-/m0/s1. The number of hydrogen-bond acceptors (Lipinski definition) is 6. The fraction of sp³-hybridized carbons (Fsp3) is 0.609. The lowest BCUT2D eigenvalue weighted by Gasteiger charge is -2.41. The molecule has 5 unspecified atom stereocenters. The Morgan fingerprint density at radius 1 is 1.06 bits per heavy atom. The second kappa shape index (κ2) is 6.86. The van der Waals surface area contributed by atoms with Crippen molar-refractivity contribution in [2.24, 2.45) is 17.6 Å². The van der Waals surface area contributed by atoms with Gasteiger partial charge in [-0.1, -0.05) is 0 Å². The Morgan fingerprint density at radius 2 is 1.81 bits per heavy atom. The van der Waals surface area contributed by atoms with Gasteiger partial charge in [-0.2, -0.15) is 5.26 Å². The number of carbonyl (C=O) groups excluding carboxylic acids is 2. The molecule has 7 atom stereocenters. The molecule has 2 amide bonds. The van der Waals surface area contributed by atoms with Crippen molar-refractivity contribution in [3.05, 3.63) is 23.8 Å². The van der Waals surface area contributed by atoms with Crippen LogP contribution in [0.25, 0.3) is 0 Å². The number of ether oxygens (including phenoxy) is 2. The summed E-state index contributed by atoms with van der Waals surface area (Å²) in [6.45, 7) is 0.181. The first-order chi connectivity index (χ1) is 15.0. The molecule has 4 fully saturated rings. The molecule has 4 aliphatic heterocycles. The molecule has 1 aliphatic carbocycles. The lowest BCUT2D eigenvalue weighted by molar-refractivity contribution is -0.135. The molecule has 2 N–H and O–H groups in total. The summed E-state index contributed by atoms with van der Waals surface area (Å²) in [5, 5.41) is 9.43. The predicted octanol–water partition coefficient (Wildman–Crippen LogP) is 1.64. The first kappa shape index (κ1) is 18.9. The molecule has 1 aromatic carbocycles. The number of carbonyl (C=O) groups is 2. The highest BCUT2D eigenvalue weighted by Crippen LogP contribution is 2.48. The van der Waals surface area contributed by atoms with E-state index in [1.54, 1.807) is 23.1 Å². The van der Waals surface area contributed by atoms with Gasteiger partial charge in [-0.3, -0.25) is 9.59 Å². The first-order valence-corrected chi connectivity index (χ1v) is 11.2. The van der Waals surface area contributed by atoms with E-state index in [1.807, 2.05) is 4.90 Å². The van der Waals surface area contributed by atoms with Crippen LogP contribution in [-0.4, -0.2) is 58.6 Å². The van der Waals surface area contributed by atoms with E-state index in [0.717, 1.165) is 38.5 Å². The third-order valence-corrected chi connectivity index (χ3v) is 7.92. The highest BCUT2D eigenvalue weighted by molar-refractivity contribution is 5.95. The van der Waals surface area contributed by atoms with Crippen LogP contribution in [0.4, 0.5) is 0 Å². The summed E-state index contributed by atoms with van der Waals surface area (Å²) >= 11 is 0. The van der Waals surface area contributed by atoms with Crippen molar-refractivity contribution in [2.45, 2.75) is 68.7 Å². The molecule has 31 heavy (non-hydrogen) atoms. The van der Waals surface area contributed by atoms with Gasteiger partial charge in [-0.25, -0.2) is 0 Å². The number of amides is 2. The van der Waals surface area contributed by atoms with Crippen LogP contribution in [-0.2, 0) is 4.79 Å². The molecule has 8 nitrogen and oxygen atoms in total. The number of rotatable bonds is 3. The number of nitriles is 1. The summed E-state index contributed by atoms with van der Waals surface area (Å²) in [7, 11) is 0. The van der Waals surface area contributed by atoms with Gasteiger partial charge in [0, 0.05) is 23.7 Å². The van der Waals surface area contributed by atoms with Gasteiger partial charge in [0.15, 0.2) is 11.5 Å². The average molecular weight is 422 g/mol. The van der Waals surface area contributed by atoms with Gasteiger partial charge in [0.2, 0.25) is 12.7 Å². The minimum Gasteiger partial charge on any atom is -0.454 e. The van der Waals surface area contributed by atoms with Crippen LogP contribution in [0.3, 0.4) is 0 Å². The summed E-state index contributed by atoms with van der Waals surface area (Å²) in [4.78, 5) is 30.2. The van der Waals surface area contributed by atoms with Crippen molar-refractivity contribution in [1.82, 2.24) is 9.80 Å². The molecule has 5 aliphatic rings. The predicted molar refractivity (Wildman–Crippen MR) is 109 cm³/mol. The Labute approximate surface area is 180 Å². The Bertz CT molecular complexity index is 976. The number of nitrogens with two attached hydrogens (primary N) is 1. The van der Waals surface area contributed by atoms with Crippen LogP contribution in [0.15, 0.2) is 18.2 Å². The van der Waals surface area contributed by atoms with E-state index in [-0.39, 0.29) is 48.7 Å². The largest absolute Gasteiger partial charge is 0.454 e. The van der Waals surface area contributed by atoms with Gasteiger partial charge >= 0.3 is 0 Å². The molecule has 0 aromatic heterocycles.